The Morgan fingerprint density at radius 2 is 1.91 bits per heavy atom. The molecule has 5 aliphatic rings. The molecular formula is C22H34O. The van der Waals surface area contributed by atoms with Crippen LogP contribution in [0, 0.1) is 40.9 Å². The van der Waals surface area contributed by atoms with E-state index in [1.54, 1.807) is 5.57 Å². The molecule has 1 spiro atoms. The Morgan fingerprint density at radius 3 is 2.65 bits per heavy atom. The van der Waals surface area contributed by atoms with E-state index in [0.717, 1.165) is 42.1 Å². The number of allylic oxidation sites excluding steroid dienone is 2. The first-order chi connectivity index (χ1) is 11.1. The van der Waals surface area contributed by atoms with Gasteiger partial charge >= 0.3 is 0 Å². The SMILES string of the molecule is C/C=C1/CC[C@H]2[C@@H]3CC[C@H]4C[C@@]5(CO5)[C@H](C)C[C@@H]4[C@H]3CC[C@]12C. The summed E-state index contributed by atoms with van der Waals surface area (Å²) in [7, 11) is 0. The molecule has 1 saturated heterocycles. The second-order valence-corrected chi connectivity index (χ2v) is 9.94. The zero-order valence-electron chi connectivity index (χ0n) is 15.3. The van der Waals surface area contributed by atoms with Gasteiger partial charge in [0, 0.05) is 0 Å². The van der Waals surface area contributed by atoms with Crippen LogP contribution in [0.15, 0.2) is 11.6 Å². The molecular weight excluding hydrogens is 280 g/mol. The first-order valence-corrected chi connectivity index (χ1v) is 10.4. The number of ether oxygens (including phenoxy) is 1. The van der Waals surface area contributed by atoms with Gasteiger partial charge in [-0.1, -0.05) is 25.5 Å². The van der Waals surface area contributed by atoms with Crippen LogP contribution in [0.3, 0.4) is 0 Å². The smallest absolute Gasteiger partial charge is 0.0944 e. The number of fused-ring (bicyclic) bond motifs is 5. The molecule has 8 atom stereocenters. The van der Waals surface area contributed by atoms with E-state index < -0.39 is 0 Å². The van der Waals surface area contributed by atoms with Crippen molar-refractivity contribution >= 4 is 0 Å². The molecule has 0 unspecified atom stereocenters. The van der Waals surface area contributed by atoms with Gasteiger partial charge in [-0.3, -0.25) is 0 Å². The minimum atomic E-state index is 0.336. The number of epoxide rings is 1. The van der Waals surface area contributed by atoms with E-state index in [-0.39, 0.29) is 0 Å². The number of hydrogen-bond donors (Lipinski definition) is 0. The molecule has 1 heteroatoms. The molecule has 4 saturated carbocycles. The van der Waals surface area contributed by atoms with Gasteiger partial charge < -0.3 is 4.74 Å². The van der Waals surface area contributed by atoms with Gasteiger partial charge in [-0.25, -0.2) is 0 Å². The Kier molecular flexibility index (Phi) is 3.17. The van der Waals surface area contributed by atoms with Crippen molar-refractivity contribution in [2.24, 2.45) is 40.9 Å². The maximum Gasteiger partial charge on any atom is 0.0944 e. The Morgan fingerprint density at radius 1 is 1.09 bits per heavy atom. The fraction of sp³-hybridized carbons (Fsp3) is 0.909. The predicted octanol–water partition coefficient (Wildman–Crippen LogP) is 5.60. The van der Waals surface area contributed by atoms with E-state index >= 15 is 0 Å². The van der Waals surface area contributed by atoms with Gasteiger partial charge in [0.25, 0.3) is 0 Å². The minimum absolute atomic E-state index is 0.336. The van der Waals surface area contributed by atoms with Crippen LogP contribution in [-0.2, 0) is 4.74 Å². The average Bonchev–Trinajstić information content (AvgIpc) is 3.22. The van der Waals surface area contributed by atoms with Crippen molar-refractivity contribution in [2.45, 2.75) is 77.7 Å². The molecule has 0 aromatic heterocycles. The molecule has 4 aliphatic carbocycles. The molecule has 0 radical (unpaired) electrons. The molecule has 1 heterocycles. The van der Waals surface area contributed by atoms with E-state index in [0.29, 0.717) is 11.0 Å². The lowest BCUT2D eigenvalue weighted by Gasteiger charge is -2.56. The normalized spacial score (nSPS) is 59.5. The van der Waals surface area contributed by atoms with E-state index in [2.05, 4.69) is 26.8 Å². The van der Waals surface area contributed by atoms with E-state index in [1.165, 1.54) is 51.4 Å². The largest absolute Gasteiger partial charge is 0.369 e. The van der Waals surface area contributed by atoms with Crippen LogP contribution in [0.2, 0.25) is 0 Å². The first kappa shape index (κ1) is 15.0. The van der Waals surface area contributed by atoms with Crippen LogP contribution in [0.4, 0.5) is 0 Å². The van der Waals surface area contributed by atoms with Crippen LogP contribution < -0.4 is 0 Å². The van der Waals surface area contributed by atoms with Crippen molar-refractivity contribution < 1.29 is 4.74 Å². The van der Waals surface area contributed by atoms with Gasteiger partial charge in [-0.05, 0) is 99.2 Å². The fourth-order valence-electron chi connectivity index (χ4n) is 7.94. The summed E-state index contributed by atoms with van der Waals surface area (Å²) in [6.45, 7) is 8.44. The van der Waals surface area contributed by atoms with Crippen molar-refractivity contribution in [1.29, 1.82) is 0 Å². The van der Waals surface area contributed by atoms with Crippen molar-refractivity contribution in [3.05, 3.63) is 11.6 Å². The van der Waals surface area contributed by atoms with Gasteiger partial charge in [0.2, 0.25) is 0 Å². The van der Waals surface area contributed by atoms with Gasteiger partial charge in [0.15, 0.2) is 0 Å². The summed E-state index contributed by atoms with van der Waals surface area (Å²) in [5.41, 5.74) is 2.69. The van der Waals surface area contributed by atoms with Crippen molar-refractivity contribution in [2.75, 3.05) is 6.61 Å². The van der Waals surface area contributed by atoms with Crippen LogP contribution in [0.25, 0.3) is 0 Å². The number of rotatable bonds is 0. The predicted molar refractivity (Wildman–Crippen MR) is 94.1 cm³/mol. The number of hydrogen-bond acceptors (Lipinski definition) is 1. The first-order valence-electron chi connectivity index (χ1n) is 10.4. The molecule has 0 bridgehead atoms. The molecule has 23 heavy (non-hydrogen) atoms. The van der Waals surface area contributed by atoms with E-state index in [4.69, 9.17) is 4.74 Å². The molecule has 1 nitrogen and oxygen atoms in total. The van der Waals surface area contributed by atoms with Crippen molar-refractivity contribution in [1.82, 2.24) is 0 Å². The summed E-state index contributed by atoms with van der Waals surface area (Å²) in [4.78, 5) is 0. The van der Waals surface area contributed by atoms with Gasteiger partial charge in [-0.2, -0.15) is 0 Å². The second-order valence-electron chi connectivity index (χ2n) is 9.94. The molecule has 5 fully saturated rings. The third kappa shape index (κ3) is 1.95. The van der Waals surface area contributed by atoms with Crippen LogP contribution in [0.1, 0.15) is 72.1 Å². The fourth-order valence-corrected chi connectivity index (χ4v) is 7.94. The molecule has 0 aromatic rings. The zero-order valence-corrected chi connectivity index (χ0v) is 15.3. The Hall–Kier alpha value is -0.300. The average molecular weight is 315 g/mol. The Balaban J connectivity index is 1.41. The Labute approximate surface area is 142 Å². The highest BCUT2D eigenvalue weighted by atomic mass is 16.6. The van der Waals surface area contributed by atoms with Gasteiger partial charge in [0.1, 0.15) is 0 Å². The minimum Gasteiger partial charge on any atom is -0.369 e. The summed E-state index contributed by atoms with van der Waals surface area (Å²) < 4.78 is 5.94. The highest BCUT2D eigenvalue weighted by molar-refractivity contribution is 5.23. The third-order valence-electron chi connectivity index (χ3n) is 9.36. The summed E-state index contributed by atoms with van der Waals surface area (Å²) >= 11 is 0. The monoisotopic (exact) mass is 314 g/mol. The standard InChI is InChI=1S/C22H34O/c1-4-16-6-8-20-18-7-5-15-12-22(13-23-22)14(2)11-19(15)17(18)9-10-21(16,20)3/h4,14-15,17-20H,5-13H2,1-3H3/b16-4-/t14-,15+,17+,18-,19+,20+,21-,22-/m1/s1. The van der Waals surface area contributed by atoms with Gasteiger partial charge in [0.05, 0.1) is 12.2 Å². The topological polar surface area (TPSA) is 12.5 Å². The maximum absolute atomic E-state index is 5.94. The molecule has 1 aliphatic heterocycles. The van der Waals surface area contributed by atoms with E-state index in [1.807, 2.05) is 0 Å². The molecule has 0 aromatic carbocycles. The van der Waals surface area contributed by atoms with Crippen LogP contribution >= 0.6 is 0 Å². The lowest BCUT2D eigenvalue weighted by Crippen LogP contribution is -2.50. The molecule has 0 N–H and O–H groups in total. The highest BCUT2D eigenvalue weighted by Gasteiger charge is 2.60. The quantitative estimate of drug-likeness (QED) is 0.419. The molecule has 128 valence electrons. The van der Waals surface area contributed by atoms with Crippen LogP contribution in [0.5, 0.6) is 0 Å². The van der Waals surface area contributed by atoms with Crippen molar-refractivity contribution in [3.8, 4) is 0 Å². The molecule has 5 rings (SSSR count). The van der Waals surface area contributed by atoms with Gasteiger partial charge in [-0.15, -0.1) is 0 Å². The maximum atomic E-state index is 5.94. The Bertz CT molecular complexity index is 530. The highest BCUT2D eigenvalue weighted by Crippen LogP contribution is 2.65. The van der Waals surface area contributed by atoms with E-state index in [9.17, 15) is 0 Å². The summed E-state index contributed by atoms with van der Waals surface area (Å²) in [6.07, 6.45) is 14.2. The lowest BCUT2D eigenvalue weighted by molar-refractivity contribution is -0.0647. The lowest BCUT2D eigenvalue weighted by atomic mass is 9.49. The second kappa shape index (κ2) is 4.87. The van der Waals surface area contributed by atoms with Crippen molar-refractivity contribution in [3.63, 3.8) is 0 Å². The summed E-state index contributed by atoms with van der Waals surface area (Å²) in [5.74, 6) is 5.90. The third-order valence-corrected chi connectivity index (χ3v) is 9.36. The zero-order chi connectivity index (χ0) is 15.8. The molecule has 0 amide bonds. The summed E-state index contributed by atoms with van der Waals surface area (Å²) in [6, 6.07) is 0. The summed E-state index contributed by atoms with van der Waals surface area (Å²) in [5, 5.41) is 0. The van der Waals surface area contributed by atoms with Crippen LogP contribution in [-0.4, -0.2) is 12.2 Å².